The van der Waals surface area contributed by atoms with E-state index >= 15 is 0 Å². The van der Waals surface area contributed by atoms with E-state index in [1.54, 1.807) is 26.4 Å². The minimum atomic E-state index is -4.48. The van der Waals surface area contributed by atoms with Gasteiger partial charge < -0.3 is 19.0 Å². The second kappa shape index (κ2) is 10.6. The third kappa shape index (κ3) is 5.96. The topological polar surface area (TPSA) is 30.9 Å². The summed E-state index contributed by atoms with van der Waals surface area (Å²) >= 11 is 0. The zero-order chi connectivity index (χ0) is 27.7. The number of hydrogen-bond acceptors (Lipinski definition) is 4. The summed E-state index contributed by atoms with van der Waals surface area (Å²) in [6, 6.07) is 19.8. The number of halogens is 3. The third-order valence-electron chi connectivity index (χ3n) is 7.88. The van der Waals surface area contributed by atoms with Crippen molar-refractivity contribution in [2.75, 3.05) is 19.1 Å². The van der Waals surface area contributed by atoms with Crippen LogP contribution in [-0.2, 0) is 23.9 Å². The number of ether oxygens (including phenoxy) is 2. The third-order valence-corrected chi connectivity index (χ3v) is 7.88. The summed E-state index contributed by atoms with van der Waals surface area (Å²) in [5.74, 6) is 1.49. The van der Waals surface area contributed by atoms with Crippen LogP contribution >= 0.6 is 0 Å². The molecule has 0 bridgehead atoms. The Morgan fingerprint density at radius 2 is 1.32 bits per heavy atom. The first-order valence-electron chi connectivity index (χ1n) is 12.7. The first kappa shape index (κ1) is 27.9. The largest absolute Gasteiger partial charge is 0.497 e. The molecule has 0 spiro atoms. The Labute approximate surface area is 223 Å². The highest BCUT2D eigenvalue weighted by atomic mass is 19.4. The molecule has 4 nitrogen and oxygen atoms in total. The Hall–Kier alpha value is -3.13. The van der Waals surface area contributed by atoms with Crippen molar-refractivity contribution in [3.05, 3.63) is 83.4 Å². The van der Waals surface area contributed by atoms with Crippen LogP contribution in [0.15, 0.2) is 66.7 Å². The molecule has 1 fully saturated rings. The van der Waals surface area contributed by atoms with Crippen LogP contribution in [-0.4, -0.2) is 26.7 Å². The summed E-state index contributed by atoms with van der Waals surface area (Å²) in [6.45, 7) is 8.34. The van der Waals surface area contributed by atoms with Crippen LogP contribution in [0.4, 0.5) is 18.9 Å². The lowest BCUT2D eigenvalue weighted by molar-refractivity contribution is -0.136. The molecule has 1 heterocycles. The number of methoxy groups -OCH3 is 2. The molecule has 8 heteroatoms. The summed E-state index contributed by atoms with van der Waals surface area (Å²) < 4.78 is 59.3. The highest BCUT2D eigenvalue weighted by Gasteiger charge is 2.51. The standard InChI is InChI=1S/C30H35BF3NO3/c1-28(2)20-31(38-29(28,3)4)27-17-23(11-16-26(27)30(32,33)34)35(18-21-7-12-24(36-5)13-8-21)19-22-9-14-25(37-6)15-10-22/h7-17H,18-20H2,1-6H3. The SMILES string of the molecule is COc1ccc(CN(Cc2ccc(OC)cc2)c2ccc(C(F)(F)F)c(B3CC(C)(C)C(C)(C)O3)c2)cc1. The fourth-order valence-electron chi connectivity index (χ4n) is 4.85. The van der Waals surface area contributed by atoms with Crippen LogP contribution in [0.3, 0.4) is 0 Å². The van der Waals surface area contributed by atoms with E-state index in [9.17, 15) is 13.2 Å². The lowest BCUT2D eigenvalue weighted by atomic mass is 9.53. The summed E-state index contributed by atoms with van der Waals surface area (Å²) in [4.78, 5) is 2.08. The molecule has 0 atom stereocenters. The van der Waals surface area contributed by atoms with Gasteiger partial charge in [0.25, 0.3) is 0 Å². The van der Waals surface area contributed by atoms with E-state index in [1.165, 1.54) is 6.07 Å². The van der Waals surface area contributed by atoms with Crippen molar-refractivity contribution in [3.8, 4) is 11.5 Å². The molecule has 0 saturated carbocycles. The maximum absolute atomic E-state index is 14.2. The average Bonchev–Trinajstić information content (AvgIpc) is 3.10. The molecule has 38 heavy (non-hydrogen) atoms. The first-order chi connectivity index (χ1) is 17.8. The van der Waals surface area contributed by atoms with E-state index < -0.39 is 24.3 Å². The van der Waals surface area contributed by atoms with Crippen LogP contribution in [0.25, 0.3) is 0 Å². The van der Waals surface area contributed by atoms with Crippen molar-refractivity contribution in [1.82, 2.24) is 0 Å². The molecule has 1 aliphatic heterocycles. The highest BCUT2D eigenvalue weighted by molar-refractivity contribution is 6.69. The minimum Gasteiger partial charge on any atom is -0.497 e. The van der Waals surface area contributed by atoms with E-state index in [1.807, 2.05) is 76.2 Å². The number of rotatable bonds is 8. The molecule has 3 aromatic carbocycles. The summed E-state index contributed by atoms with van der Waals surface area (Å²) in [6.07, 6.45) is -3.98. The second-order valence-electron chi connectivity index (χ2n) is 11.0. The van der Waals surface area contributed by atoms with Gasteiger partial charge in [0, 0.05) is 18.8 Å². The summed E-state index contributed by atoms with van der Waals surface area (Å²) in [5.41, 5.74) is 1.44. The van der Waals surface area contributed by atoms with E-state index in [-0.39, 0.29) is 10.9 Å². The Kier molecular flexibility index (Phi) is 7.75. The van der Waals surface area contributed by atoms with Crippen LogP contribution in [0.2, 0.25) is 6.32 Å². The van der Waals surface area contributed by atoms with Crippen molar-refractivity contribution >= 4 is 18.1 Å². The second-order valence-corrected chi connectivity index (χ2v) is 11.0. The molecular formula is C30H35BF3NO3. The minimum absolute atomic E-state index is 0.183. The Morgan fingerprint density at radius 3 is 1.71 bits per heavy atom. The van der Waals surface area contributed by atoms with Gasteiger partial charge in [0.15, 0.2) is 0 Å². The molecule has 0 aliphatic carbocycles. The number of benzene rings is 3. The van der Waals surface area contributed by atoms with Crippen molar-refractivity contribution in [3.63, 3.8) is 0 Å². The van der Waals surface area contributed by atoms with E-state index in [4.69, 9.17) is 14.1 Å². The van der Waals surface area contributed by atoms with Gasteiger partial charge >= 0.3 is 13.1 Å². The van der Waals surface area contributed by atoms with Crippen LogP contribution < -0.4 is 19.8 Å². The van der Waals surface area contributed by atoms with Crippen LogP contribution in [0.1, 0.15) is 44.4 Å². The van der Waals surface area contributed by atoms with Gasteiger partial charge in [-0.1, -0.05) is 38.1 Å². The van der Waals surface area contributed by atoms with Gasteiger partial charge in [-0.3, -0.25) is 0 Å². The van der Waals surface area contributed by atoms with Gasteiger partial charge in [-0.2, -0.15) is 13.2 Å². The lowest BCUT2D eigenvalue weighted by Gasteiger charge is -2.34. The van der Waals surface area contributed by atoms with Gasteiger partial charge in [-0.15, -0.1) is 0 Å². The molecule has 3 aromatic rings. The summed E-state index contributed by atoms with van der Waals surface area (Å²) in [7, 11) is 3.23. The number of anilines is 1. The van der Waals surface area contributed by atoms with E-state index in [2.05, 4.69) is 4.90 Å². The smallest absolute Gasteiger partial charge is 0.415 e. The Bertz CT molecular complexity index is 1180. The lowest BCUT2D eigenvalue weighted by Crippen LogP contribution is -2.39. The van der Waals surface area contributed by atoms with Crippen molar-refractivity contribution < 1.29 is 27.3 Å². The van der Waals surface area contributed by atoms with Crippen LogP contribution in [0.5, 0.6) is 11.5 Å². The molecule has 0 amide bonds. The number of nitrogens with zero attached hydrogens (tertiary/aromatic N) is 1. The fourth-order valence-corrected chi connectivity index (χ4v) is 4.85. The van der Waals surface area contributed by atoms with Gasteiger partial charge in [-0.25, -0.2) is 0 Å². The van der Waals surface area contributed by atoms with Crippen molar-refractivity contribution in [2.45, 2.75) is 58.9 Å². The maximum atomic E-state index is 14.2. The molecule has 202 valence electrons. The van der Waals surface area contributed by atoms with Gasteiger partial charge in [-0.05, 0) is 84.6 Å². The normalized spacial score (nSPS) is 16.4. The van der Waals surface area contributed by atoms with Gasteiger partial charge in [0.2, 0.25) is 0 Å². The molecule has 1 saturated heterocycles. The van der Waals surface area contributed by atoms with Gasteiger partial charge in [0.1, 0.15) is 11.5 Å². The zero-order valence-corrected chi connectivity index (χ0v) is 22.9. The van der Waals surface area contributed by atoms with E-state index in [0.717, 1.165) is 22.6 Å². The fraction of sp³-hybridized carbons (Fsp3) is 0.400. The Morgan fingerprint density at radius 1 is 0.816 bits per heavy atom. The van der Waals surface area contributed by atoms with E-state index in [0.29, 0.717) is 25.1 Å². The molecule has 0 N–H and O–H groups in total. The highest BCUT2D eigenvalue weighted by Crippen LogP contribution is 2.46. The van der Waals surface area contributed by atoms with Crippen LogP contribution in [0, 0.1) is 5.41 Å². The van der Waals surface area contributed by atoms with Gasteiger partial charge in [0.05, 0.1) is 25.4 Å². The predicted octanol–water partition coefficient (Wildman–Crippen LogP) is 6.96. The quantitative estimate of drug-likeness (QED) is 0.298. The van der Waals surface area contributed by atoms with Crippen molar-refractivity contribution in [1.29, 1.82) is 0 Å². The number of alkyl halides is 3. The Balaban J connectivity index is 1.75. The van der Waals surface area contributed by atoms with Crippen molar-refractivity contribution in [2.24, 2.45) is 5.41 Å². The molecule has 0 aromatic heterocycles. The molecule has 0 radical (unpaired) electrons. The molecule has 0 unspecified atom stereocenters. The molecular weight excluding hydrogens is 490 g/mol. The maximum Gasteiger partial charge on any atom is 0.415 e. The monoisotopic (exact) mass is 525 g/mol. The number of hydrogen-bond donors (Lipinski definition) is 0. The predicted molar refractivity (Wildman–Crippen MR) is 146 cm³/mol. The summed E-state index contributed by atoms with van der Waals surface area (Å²) in [5, 5.41) is 0. The molecule has 1 aliphatic rings. The average molecular weight is 525 g/mol. The zero-order valence-electron chi connectivity index (χ0n) is 22.9. The first-order valence-corrected chi connectivity index (χ1v) is 12.7. The molecule has 4 rings (SSSR count).